The monoisotopic (exact) mass is 439 g/mol. The lowest BCUT2D eigenvalue weighted by Gasteiger charge is -2.20. The Balaban J connectivity index is 2.27. The second-order valence-electron chi connectivity index (χ2n) is 7.83. The van der Waals surface area contributed by atoms with Crippen LogP contribution in [0.4, 0.5) is 0 Å². The molecule has 7 nitrogen and oxygen atoms in total. The smallest absolute Gasteiger partial charge is 0.360 e. The van der Waals surface area contributed by atoms with Crippen molar-refractivity contribution in [3.63, 3.8) is 0 Å². The van der Waals surface area contributed by atoms with Gasteiger partial charge in [0.15, 0.2) is 11.4 Å². The zero-order valence-corrected chi connectivity index (χ0v) is 18.1. The Labute approximate surface area is 184 Å². The molecule has 0 spiro atoms. The van der Waals surface area contributed by atoms with Crippen molar-refractivity contribution >= 4 is 23.5 Å². The van der Waals surface area contributed by atoms with Crippen LogP contribution >= 0.6 is 11.6 Å². The minimum absolute atomic E-state index is 0.307. The number of carboxylic acid groups (broad SMARTS) is 1. The average molecular weight is 440 g/mol. The van der Waals surface area contributed by atoms with Gasteiger partial charge in [-0.1, -0.05) is 48.0 Å². The molecule has 0 aliphatic rings. The van der Waals surface area contributed by atoms with E-state index in [4.69, 9.17) is 22.1 Å². The molecule has 160 valence electrons. The maximum atomic E-state index is 12.7. The van der Waals surface area contributed by atoms with E-state index in [2.05, 4.69) is 9.97 Å². The van der Waals surface area contributed by atoms with E-state index in [1.807, 2.05) is 12.1 Å². The molecule has 1 aromatic heterocycles. The molecular formula is C23H22ClN3O4. The van der Waals surface area contributed by atoms with Crippen molar-refractivity contribution < 1.29 is 19.4 Å². The molecule has 1 heterocycles. The fraction of sp³-hybridized carbons (Fsp3) is 0.217. The summed E-state index contributed by atoms with van der Waals surface area (Å²) in [5, 5.41) is 10.2. The Kier molecular flexibility index (Phi) is 6.38. The molecule has 2 aromatic carbocycles. The van der Waals surface area contributed by atoms with Gasteiger partial charge in [0.1, 0.15) is 5.60 Å². The Morgan fingerprint density at radius 2 is 1.42 bits per heavy atom. The zero-order valence-electron chi connectivity index (χ0n) is 17.3. The van der Waals surface area contributed by atoms with Gasteiger partial charge in [0, 0.05) is 22.7 Å². The quantitative estimate of drug-likeness (QED) is 0.559. The Morgan fingerprint density at radius 3 is 1.87 bits per heavy atom. The summed E-state index contributed by atoms with van der Waals surface area (Å²) in [4.78, 5) is 33.4. The predicted octanol–water partition coefficient (Wildman–Crippen LogP) is 4.58. The number of carbonyl (C=O) groups is 2. The SMILES string of the molecule is CC(C)(C)OC(=O)c1nc(-c2ccc(CN)cc2)c(-c2ccc(Cl)cc2)nc1C(=O)O. The maximum Gasteiger partial charge on any atom is 0.360 e. The molecular weight excluding hydrogens is 418 g/mol. The molecule has 0 saturated heterocycles. The second-order valence-corrected chi connectivity index (χ2v) is 8.27. The first-order valence-electron chi connectivity index (χ1n) is 9.53. The number of aromatic nitrogens is 2. The van der Waals surface area contributed by atoms with E-state index in [1.54, 1.807) is 57.2 Å². The summed E-state index contributed by atoms with van der Waals surface area (Å²) < 4.78 is 5.36. The standard InChI is InChI=1S/C23H22ClN3O4/c1-23(2,3)31-22(30)20-19(21(28)29)26-17(15-8-10-16(24)11-9-15)18(27-20)14-6-4-13(12-25)5-7-14/h4-11H,12,25H2,1-3H3,(H,28,29). The number of ether oxygens (including phenoxy) is 1. The van der Waals surface area contributed by atoms with Crippen LogP contribution in [0.5, 0.6) is 0 Å². The maximum absolute atomic E-state index is 12.7. The summed E-state index contributed by atoms with van der Waals surface area (Å²) in [6, 6.07) is 14.0. The van der Waals surface area contributed by atoms with Gasteiger partial charge in [0.2, 0.25) is 0 Å². The molecule has 0 radical (unpaired) electrons. The number of nitrogens with two attached hydrogens (primary N) is 1. The molecule has 3 N–H and O–H groups in total. The number of benzene rings is 2. The molecule has 31 heavy (non-hydrogen) atoms. The summed E-state index contributed by atoms with van der Waals surface area (Å²) in [5.74, 6) is -2.24. The fourth-order valence-electron chi connectivity index (χ4n) is 2.86. The Hall–Kier alpha value is -3.29. The van der Waals surface area contributed by atoms with Crippen LogP contribution < -0.4 is 5.73 Å². The predicted molar refractivity (Wildman–Crippen MR) is 118 cm³/mol. The Morgan fingerprint density at radius 1 is 0.935 bits per heavy atom. The number of halogens is 1. The van der Waals surface area contributed by atoms with Gasteiger partial charge in [-0.3, -0.25) is 0 Å². The van der Waals surface area contributed by atoms with E-state index in [1.165, 1.54) is 0 Å². The lowest BCUT2D eigenvalue weighted by atomic mass is 10.0. The largest absolute Gasteiger partial charge is 0.476 e. The molecule has 0 unspecified atom stereocenters. The van der Waals surface area contributed by atoms with Crippen LogP contribution in [0.1, 0.15) is 47.3 Å². The number of aromatic carboxylic acids is 1. The minimum Gasteiger partial charge on any atom is -0.476 e. The van der Waals surface area contributed by atoms with Crippen LogP contribution in [-0.2, 0) is 11.3 Å². The van der Waals surface area contributed by atoms with Crippen molar-refractivity contribution in [1.82, 2.24) is 9.97 Å². The highest BCUT2D eigenvalue weighted by Crippen LogP contribution is 2.31. The molecule has 8 heteroatoms. The average Bonchev–Trinajstić information content (AvgIpc) is 2.72. The number of carbonyl (C=O) groups excluding carboxylic acids is 1. The lowest BCUT2D eigenvalue weighted by molar-refractivity contribution is 0.00583. The van der Waals surface area contributed by atoms with Gasteiger partial charge >= 0.3 is 11.9 Å². The highest BCUT2D eigenvalue weighted by Gasteiger charge is 2.28. The van der Waals surface area contributed by atoms with E-state index in [9.17, 15) is 14.7 Å². The lowest BCUT2D eigenvalue weighted by Crippen LogP contribution is -2.26. The van der Waals surface area contributed by atoms with Crippen LogP contribution in [0.25, 0.3) is 22.5 Å². The number of hydrogen-bond acceptors (Lipinski definition) is 6. The topological polar surface area (TPSA) is 115 Å². The molecule has 0 atom stereocenters. The van der Waals surface area contributed by atoms with Crippen LogP contribution in [0.3, 0.4) is 0 Å². The highest BCUT2D eigenvalue weighted by atomic mass is 35.5. The number of esters is 1. The van der Waals surface area contributed by atoms with Gasteiger partial charge in [0.05, 0.1) is 11.4 Å². The van der Waals surface area contributed by atoms with Crippen molar-refractivity contribution in [3.8, 4) is 22.5 Å². The third-order valence-corrected chi connectivity index (χ3v) is 4.52. The van der Waals surface area contributed by atoms with Crippen LogP contribution in [-0.4, -0.2) is 32.6 Å². The van der Waals surface area contributed by atoms with E-state index in [0.717, 1.165) is 5.56 Å². The summed E-state index contributed by atoms with van der Waals surface area (Å²) >= 11 is 6.00. The fourth-order valence-corrected chi connectivity index (χ4v) is 2.99. The van der Waals surface area contributed by atoms with Crippen molar-refractivity contribution in [3.05, 3.63) is 70.5 Å². The Bertz CT molecular complexity index is 1120. The van der Waals surface area contributed by atoms with Crippen LogP contribution in [0.15, 0.2) is 48.5 Å². The first-order chi connectivity index (χ1) is 14.6. The molecule has 0 aliphatic heterocycles. The van der Waals surface area contributed by atoms with Gasteiger partial charge < -0.3 is 15.6 Å². The minimum atomic E-state index is -1.38. The van der Waals surface area contributed by atoms with Crippen LogP contribution in [0.2, 0.25) is 5.02 Å². The molecule has 0 aliphatic carbocycles. The van der Waals surface area contributed by atoms with E-state index in [-0.39, 0.29) is 5.69 Å². The van der Waals surface area contributed by atoms with Crippen molar-refractivity contribution in [2.45, 2.75) is 32.9 Å². The normalized spacial score (nSPS) is 11.3. The third kappa shape index (κ3) is 5.25. The van der Waals surface area contributed by atoms with Crippen LogP contribution in [0, 0.1) is 0 Å². The molecule has 0 amide bonds. The van der Waals surface area contributed by atoms with Crippen molar-refractivity contribution in [2.24, 2.45) is 5.73 Å². The van der Waals surface area contributed by atoms with Gasteiger partial charge in [-0.15, -0.1) is 0 Å². The molecule has 0 bridgehead atoms. The number of carboxylic acids is 1. The van der Waals surface area contributed by atoms with Crippen molar-refractivity contribution in [2.75, 3.05) is 0 Å². The second kappa shape index (κ2) is 8.83. The van der Waals surface area contributed by atoms with E-state index < -0.39 is 23.2 Å². The first kappa shape index (κ1) is 22.4. The molecule has 0 fully saturated rings. The zero-order chi connectivity index (χ0) is 22.8. The van der Waals surface area contributed by atoms with Gasteiger partial charge in [0.25, 0.3) is 0 Å². The van der Waals surface area contributed by atoms with Gasteiger partial charge in [-0.25, -0.2) is 19.6 Å². The van der Waals surface area contributed by atoms with Gasteiger partial charge in [-0.05, 0) is 38.5 Å². The number of nitrogens with zero attached hydrogens (tertiary/aromatic N) is 2. The first-order valence-corrected chi connectivity index (χ1v) is 9.91. The third-order valence-electron chi connectivity index (χ3n) is 4.27. The number of hydrogen-bond donors (Lipinski definition) is 2. The highest BCUT2D eigenvalue weighted by molar-refractivity contribution is 6.30. The molecule has 3 aromatic rings. The van der Waals surface area contributed by atoms with Gasteiger partial charge in [-0.2, -0.15) is 0 Å². The van der Waals surface area contributed by atoms with Crippen molar-refractivity contribution in [1.29, 1.82) is 0 Å². The summed E-state index contributed by atoms with van der Waals surface area (Å²) in [5.41, 5.74) is 6.83. The van der Waals surface area contributed by atoms with E-state index in [0.29, 0.717) is 34.1 Å². The molecule has 0 saturated carbocycles. The summed E-state index contributed by atoms with van der Waals surface area (Å²) in [7, 11) is 0. The van der Waals surface area contributed by atoms with E-state index >= 15 is 0 Å². The number of rotatable bonds is 5. The molecule has 3 rings (SSSR count). The summed E-state index contributed by atoms with van der Waals surface area (Å²) in [6.45, 7) is 5.44. The summed E-state index contributed by atoms with van der Waals surface area (Å²) in [6.07, 6.45) is 0.